The molecule has 2 rings (SSSR count). The van der Waals surface area contributed by atoms with Gasteiger partial charge in [0.25, 0.3) is 5.69 Å². The highest BCUT2D eigenvalue weighted by Gasteiger charge is 2.27. The normalized spacial score (nSPS) is 12.0. The molecule has 0 saturated carbocycles. The minimum atomic E-state index is -1.37. The molecular formula is C14H10F2N2O3. The van der Waals surface area contributed by atoms with Crippen LogP contribution in [0.2, 0.25) is 0 Å². The number of halogens is 2. The summed E-state index contributed by atoms with van der Waals surface area (Å²) in [4.78, 5) is 26.1. The second-order valence-corrected chi connectivity index (χ2v) is 4.41. The summed E-state index contributed by atoms with van der Waals surface area (Å²) in [5, 5.41) is 10.9. The number of Topliss-reactive ketones (excluding diaryl/α,β-unsaturated/α-hetero) is 1. The lowest BCUT2D eigenvalue weighted by Crippen LogP contribution is -2.13. The predicted molar refractivity (Wildman–Crippen MR) is 70.0 cm³/mol. The van der Waals surface area contributed by atoms with Crippen LogP contribution in [-0.4, -0.2) is 15.7 Å². The number of ketones is 1. The Hall–Kier alpha value is -2.70. The molecule has 1 heterocycles. The van der Waals surface area contributed by atoms with Crippen molar-refractivity contribution in [2.45, 2.75) is 12.8 Å². The Morgan fingerprint density at radius 3 is 2.38 bits per heavy atom. The topological polar surface area (TPSA) is 73.1 Å². The van der Waals surface area contributed by atoms with Gasteiger partial charge in [0.05, 0.1) is 16.6 Å². The molecule has 1 unspecified atom stereocenters. The molecule has 0 aliphatic rings. The van der Waals surface area contributed by atoms with Crippen LogP contribution in [-0.2, 0) is 0 Å². The number of hydrogen-bond acceptors (Lipinski definition) is 4. The highest BCUT2D eigenvalue weighted by molar-refractivity contribution is 6.03. The molecule has 0 fully saturated rings. The maximum absolute atomic E-state index is 13.3. The van der Waals surface area contributed by atoms with Crippen LogP contribution in [0, 0.1) is 21.7 Å². The Morgan fingerprint density at radius 1 is 1.24 bits per heavy atom. The number of pyridine rings is 1. The van der Waals surface area contributed by atoms with E-state index in [1.807, 2.05) is 0 Å². The molecule has 0 N–H and O–H groups in total. The Bertz CT molecular complexity index is 705. The molecule has 2 aromatic rings. The lowest BCUT2D eigenvalue weighted by molar-refractivity contribution is -0.385. The van der Waals surface area contributed by atoms with Crippen molar-refractivity contribution in [1.82, 2.24) is 4.98 Å². The van der Waals surface area contributed by atoms with Gasteiger partial charge < -0.3 is 0 Å². The fourth-order valence-corrected chi connectivity index (χ4v) is 1.92. The molecule has 0 spiro atoms. The van der Waals surface area contributed by atoms with Crippen LogP contribution in [0.5, 0.6) is 0 Å². The monoisotopic (exact) mass is 292 g/mol. The van der Waals surface area contributed by atoms with Crippen molar-refractivity contribution in [1.29, 1.82) is 0 Å². The average molecular weight is 292 g/mol. The standard InChI is InChI=1S/C14H10F2N2O3/c1-8(9-2-4-17-5-3-9)14(19)10-6-11(15)12(16)7-13(10)18(20)21/h2-8H,1H3. The van der Waals surface area contributed by atoms with Gasteiger partial charge in [-0.2, -0.15) is 0 Å². The number of nitro groups is 1. The fraction of sp³-hybridized carbons (Fsp3) is 0.143. The Morgan fingerprint density at radius 2 is 1.81 bits per heavy atom. The zero-order valence-corrected chi connectivity index (χ0v) is 10.9. The first-order valence-corrected chi connectivity index (χ1v) is 5.99. The third kappa shape index (κ3) is 2.91. The maximum atomic E-state index is 13.3. The van der Waals surface area contributed by atoms with Crippen molar-refractivity contribution in [3.63, 3.8) is 0 Å². The number of carbonyl (C=O) groups excluding carboxylic acids is 1. The first kappa shape index (κ1) is 14.7. The van der Waals surface area contributed by atoms with Gasteiger partial charge in [-0.05, 0) is 23.8 Å². The first-order valence-electron chi connectivity index (χ1n) is 5.99. The molecule has 1 atom stereocenters. The van der Waals surface area contributed by atoms with Crippen molar-refractivity contribution in [2.24, 2.45) is 0 Å². The minimum absolute atomic E-state index is 0.418. The predicted octanol–water partition coefficient (Wildman–Crippen LogP) is 3.25. The number of nitro benzene ring substituents is 1. The van der Waals surface area contributed by atoms with Gasteiger partial charge in [-0.3, -0.25) is 19.9 Å². The molecule has 0 aliphatic carbocycles. The lowest BCUT2D eigenvalue weighted by atomic mass is 9.92. The molecule has 0 amide bonds. The van der Waals surface area contributed by atoms with E-state index in [9.17, 15) is 23.7 Å². The van der Waals surface area contributed by atoms with Crippen molar-refractivity contribution in [3.8, 4) is 0 Å². The third-order valence-corrected chi connectivity index (χ3v) is 3.10. The van der Waals surface area contributed by atoms with Crippen molar-refractivity contribution >= 4 is 11.5 Å². The molecule has 0 bridgehead atoms. The summed E-state index contributed by atoms with van der Waals surface area (Å²) in [6, 6.07) is 4.14. The Kier molecular flexibility index (Phi) is 4.02. The summed E-state index contributed by atoms with van der Waals surface area (Å²) >= 11 is 0. The molecule has 1 aromatic heterocycles. The SMILES string of the molecule is CC(C(=O)c1cc(F)c(F)cc1[N+](=O)[O-])c1ccncc1. The number of benzene rings is 1. The van der Waals surface area contributed by atoms with E-state index in [1.165, 1.54) is 19.3 Å². The van der Waals surface area contributed by atoms with Gasteiger partial charge in [0.15, 0.2) is 17.4 Å². The fourth-order valence-electron chi connectivity index (χ4n) is 1.92. The van der Waals surface area contributed by atoms with E-state index in [-0.39, 0.29) is 0 Å². The van der Waals surface area contributed by atoms with E-state index in [0.717, 1.165) is 0 Å². The van der Waals surface area contributed by atoms with Gasteiger partial charge in [0.2, 0.25) is 0 Å². The van der Waals surface area contributed by atoms with Crippen LogP contribution in [0.4, 0.5) is 14.5 Å². The van der Waals surface area contributed by atoms with Crippen molar-refractivity contribution in [2.75, 3.05) is 0 Å². The lowest BCUT2D eigenvalue weighted by Gasteiger charge is -2.11. The largest absolute Gasteiger partial charge is 0.293 e. The summed E-state index contributed by atoms with van der Waals surface area (Å²) < 4.78 is 26.4. The molecule has 21 heavy (non-hydrogen) atoms. The van der Waals surface area contributed by atoms with Crippen molar-refractivity contribution in [3.05, 3.63) is 69.5 Å². The number of carbonyl (C=O) groups is 1. The van der Waals surface area contributed by atoms with Gasteiger partial charge in [-0.1, -0.05) is 6.92 Å². The highest BCUT2D eigenvalue weighted by Crippen LogP contribution is 2.28. The molecule has 108 valence electrons. The van der Waals surface area contributed by atoms with Crippen LogP contribution in [0.25, 0.3) is 0 Å². The zero-order valence-electron chi connectivity index (χ0n) is 10.9. The van der Waals surface area contributed by atoms with E-state index < -0.39 is 39.5 Å². The molecule has 5 nitrogen and oxygen atoms in total. The van der Waals surface area contributed by atoms with E-state index in [4.69, 9.17) is 0 Å². The average Bonchev–Trinajstić information content (AvgIpc) is 2.48. The molecule has 0 aliphatic heterocycles. The molecule has 1 aromatic carbocycles. The summed E-state index contributed by atoms with van der Waals surface area (Å²) in [5.41, 5.74) is -0.628. The smallest absolute Gasteiger partial charge is 0.283 e. The third-order valence-electron chi connectivity index (χ3n) is 3.10. The summed E-state index contributed by atoms with van der Waals surface area (Å²) in [7, 11) is 0. The molecule has 0 saturated heterocycles. The van der Waals surface area contributed by atoms with E-state index in [1.54, 1.807) is 12.1 Å². The second kappa shape index (κ2) is 5.74. The molecule has 0 radical (unpaired) electrons. The van der Waals surface area contributed by atoms with Gasteiger partial charge >= 0.3 is 0 Å². The van der Waals surface area contributed by atoms with Crippen LogP contribution < -0.4 is 0 Å². The Labute approximate surface area is 118 Å². The van der Waals surface area contributed by atoms with E-state index in [0.29, 0.717) is 17.7 Å². The van der Waals surface area contributed by atoms with Gasteiger partial charge in [-0.25, -0.2) is 8.78 Å². The van der Waals surface area contributed by atoms with Gasteiger partial charge in [-0.15, -0.1) is 0 Å². The molecule has 7 heteroatoms. The first-order chi connectivity index (χ1) is 9.91. The maximum Gasteiger partial charge on any atom is 0.283 e. The van der Waals surface area contributed by atoms with Crippen LogP contribution >= 0.6 is 0 Å². The van der Waals surface area contributed by atoms with E-state index >= 15 is 0 Å². The number of aromatic nitrogens is 1. The van der Waals surface area contributed by atoms with E-state index in [2.05, 4.69) is 4.98 Å². The minimum Gasteiger partial charge on any atom is -0.293 e. The molecular weight excluding hydrogens is 282 g/mol. The van der Waals surface area contributed by atoms with Crippen molar-refractivity contribution < 1.29 is 18.5 Å². The highest BCUT2D eigenvalue weighted by atomic mass is 19.2. The zero-order chi connectivity index (χ0) is 15.6. The summed E-state index contributed by atoms with van der Waals surface area (Å²) in [6.07, 6.45) is 2.94. The van der Waals surface area contributed by atoms with Gasteiger partial charge in [0, 0.05) is 18.3 Å². The van der Waals surface area contributed by atoms with Crippen LogP contribution in [0.3, 0.4) is 0 Å². The second-order valence-electron chi connectivity index (χ2n) is 4.41. The number of hydrogen-bond donors (Lipinski definition) is 0. The quantitative estimate of drug-likeness (QED) is 0.492. The Balaban J connectivity index is 2.48. The number of rotatable bonds is 4. The number of nitrogens with zero attached hydrogens (tertiary/aromatic N) is 2. The van der Waals surface area contributed by atoms with Crippen LogP contribution in [0.15, 0.2) is 36.7 Å². The summed E-state index contributed by atoms with van der Waals surface area (Å²) in [5.74, 6) is -4.07. The van der Waals surface area contributed by atoms with Crippen LogP contribution in [0.1, 0.15) is 28.8 Å². The van der Waals surface area contributed by atoms with Gasteiger partial charge in [0.1, 0.15) is 0 Å². The summed E-state index contributed by atoms with van der Waals surface area (Å²) in [6.45, 7) is 1.53.